The summed E-state index contributed by atoms with van der Waals surface area (Å²) in [4.78, 5) is 26.5. The van der Waals surface area contributed by atoms with Crippen LogP contribution in [0.25, 0.3) is 0 Å². The molecule has 6 heteroatoms. The molecule has 4 rings (SSSR count). The van der Waals surface area contributed by atoms with E-state index >= 15 is 0 Å². The minimum atomic E-state index is -0.185. The average Bonchev–Trinajstić information content (AvgIpc) is 2.73. The molecule has 2 amide bonds. The number of amides is 2. The van der Waals surface area contributed by atoms with E-state index in [0.29, 0.717) is 23.5 Å². The first-order valence-electron chi connectivity index (χ1n) is 9.83. The number of ether oxygens (including phenoxy) is 1. The van der Waals surface area contributed by atoms with Crippen LogP contribution in [-0.4, -0.2) is 36.4 Å². The molecule has 0 unspecified atom stereocenters. The number of likely N-dealkylation sites (tertiary alicyclic amines) is 1. The van der Waals surface area contributed by atoms with Gasteiger partial charge in [0.15, 0.2) is 6.61 Å². The molecule has 0 bridgehead atoms. The van der Waals surface area contributed by atoms with Gasteiger partial charge in [0.05, 0.1) is 5.69 Å². The van der Waals surface area contributed by atoms with Gasteiger partial charge in [0.1, 0.15) is 5.75 Å². The van der Waals surface area contributed by atoms with Crippen LogP contribution < -0.4 is 15.4 Å². The van der Waals surface area contributed by atoms with Crippen molar-refractivity contribution < 1.29 is 14.3 Å². The molecule has 6 nitrogen and oxygen atoms in total. The zero-order chi connectivity index (χ0) is 19.3. The quantitative estimate of drug-likeness (QED) is 0.838. The standard InChI is InChI=1S/C22H25N3O3/c26-21-15-28-20-12-16(8-9-19(20)24-21)22(27)23-13-17-6-2-3-7-18(17)14-25-10-4-1-5-11-25/h2-3,6-9,12H,1,4-5,10-11,13-15H2,(H,23,27)(H,24,26). The van der Waals surface area contributed by atoms with Crippen molar-refractivity contribution in [2.45, 2.75) is 32.4 Å². The summed E-state index contributed by atoms with van der Waals surface area (Å²) in [5, 5.41) is 5.74. The lowest BCUT2D eigenvalue weighted by Crippen LogP contribution is -2.30. The van der Waals surface area contributed by atoms with Crippen molar-refractivity contribution in [1.29, 1.82) is 0 Å². The first-order chi connectivity index (χ1) is 13.7. The van der Waals surface area contributed by atoms with Crippen molar-refractivity contribution in [2.24, 2.45) is 0 Å². The molecule has 2 aromatic rings. The van der Waals surface area contributed by atoms with Gasteiger partial charge in [-0.25, -0.2) is 0 Å². The molecule has 0 aromatic heterocycles. The Morgan fingerprint density at radius 3 is 2.68 bits per heavy atom. The van der Waals surface area contributed by atoms with E-state index in [1.54, 1.807) is 18.2 Å². The summed E-state index contributed by atoms with van der Waals surface area (Å²) >= 11 is 0. The number of rotatable bonds is 5. The van der Waals surface area contributed by atoms with Crippen molar-refractivity contribution in [1.82, 2.24) is 10.2 Å². The molecule has 2 aromatic carbocycles. The minimum Gasteiger partial charge on any atom is -0.482 e. The zero-order valence-electron chi connectivity index (χ0n) is 15.9. The van der Waals surface area contributed by atoms with Crippen LogP contribution in [0.4, 0.5) is 5.69 Å². The van der Waals surface area contributed by atoms with Crippen LogP contribution in [0.1, 0.15) is 40.7 Å². The predicted molar refractivity (Wildman–Crippen MR) is 107 cm³/mol. The highest BCUT2D eigenvalue weighted by molar-refractivity contribution is 5.98. The van der Waals surface area contributed by atoms with E-state index in [1.165, 1.54) is 24.8 Å². The smallest absolute Gasteiger partial charge is 0.262 e. The Morgan fingerprint density at radius 1 is 1.07 bits per heavy atom. The third-order valence-electron chi connectivity index (χ3n) is 5.28. The fourth-order valence-electron chi connectivity index (χ4n) is 3.74. The third kappa shape index (κ3) is 4.34. The SMILES string of the molecule is O=C1COc2cc(C(=O)NCc3ccccc3CN3CCCCC3)ccc2N1. The average molecular weight is 379 g/mol. The highest BCUT2D eigenvalue weighted by atomic mass is 16.5. The van der Waals surface area contributed by atoms with Crippen LogP contribution in [-0.2, 0) is 17.9 Å². The number of carbonyl (C=O) groups is 2. The highest BCUT2D eigenvalue weighted by Gasteiger charge is 2.18. The Balaban J connectivity index is 1.40. The Bertz CT molecular complexity index is 875. The lowest BCUT2D eigenvalue weighted by molar-refractivity contribution is -0.118. The van der Waals surface area contributed by atoms with Crippen LogP contribution in [0.5, 0.6) is 5.75 Å². The Morgan fingerprint density at radius 2 is 1.86 bits per heavy atom. The molecule has 0 spiro atoms. The monoisotopic (exact) mass is 379 g/mol. The van der Waals surface area contributed by atoms with Crippen molar-refractivity contribution in [3.8, 4) is 5.75 Å². The summed E-state index contributed by atoms with van der Waals surface area (Å²) < 4.78 is 5.40. The number of nitrogens with one attached hydrogen (secondary N) is 2. The maximum absolute atomic E-state index is 12.6. The van der Waals surface area contributed by atoms with Gasteiger partial charge in [0, 0.05) is 18.7 Å². The summed E-state index contributed by atoms with van der Waals surface area (Å²) in [5.74, 6) is 0.184. The van der Waals surface area contributed by atoms with Gasteiger partial charge >= 0.3 is 0 Å². The number of fused-ring (bicyclic) bond motifs is 1. The first-order valence-corrected chi connectivity index (χ1v) is 9.83. The van der Waals surface area contributed by atoms with E-state index in [2.05, 4.69) is 33.7 Å². The number of hydrogen-bond donors (Lipinski definition) is 2. The van der Waals surface area contributed by atoms with Crippen molar-refractivity contribution in [3.05, 3.63) is 59.2 Å². The van der Waals surface area contributed by atoms with E-state index in [9.17, 15) is 9.59 Å². The number of anilines is 1. The lowest BCUT2D eigenvalue weighted by Gasteiger charge is -2.27. The number of hydrogen-bond acceptors (Lipinski definition) is 4. The van der Waals surface area contributed by atoms with Gasteiger partial charge in [0.2, 0.25) is 0 Å². The fraction of sp³-hybridized carbons (Fsp3) is 0.364. The molecule has 0 saturated carbocycles. The van der Waals surface area contributed by atoms with Gasteiger partial charge < -0.3 is 15.4 Å². The van der Waals surface area contributed by atoms with E-state index in [4.69, 9.17) is 4.74 Å². The molecular formula is C22H25N3O3. The summed E-state index contributed by atoms with van der Waals surface area (Å²) in [5.41, 5.74) is 3.52. The van der Waals surface area contributed by atoms with E-state index in [0.717, 1.165) is 25.2 Å². The molecule has 0 atom stereocenters. The molecule has 2 aliphatic rings. The van der Waals surface area contributed by atoms with Gasteiger partial charge in [0.25, 0.3) is 11.8 Å². The molecule has 2 heterocycles. The second-order valence-electron chi connectivity index (χ2n) is 7.34. The van der Waals surface area contributed by atoms with Crippen LogP contribution in [0.15, 0.2) is 42.5 Å². The maximum Gasteiger partial charge on any atom is 0.262 e. The Labute approximate surface area is 164 Å². The minimum absolute atomic E-state index is 0.0258. The van der Waals surface area contributed by atoms with Crippen molar-refractivity contribution in [3.63, 3.8) is 0 Å². The second kappa shape index (κ2) is 8.44. The summed E-state index contributed by atoms with van der Waals surface area (Å²) in [7, 11) is 0. The Hall–Kier alpha value is -2.86. The molecule has 0 radical (unpaired) electrons. The zero-order valence-corrected chi connectivity index (χ0v) is 15.9. The fourth-order valence-corrected chi connectivity index (χ4v) is 3.74. The number of piperidine rings is 1. The number of nitrogens with zero attached hydrogens (tertiary/aromatic N) is 1. The molecule has 2 aliphatic heterocycles. The van der Waals surface area contributed by atoms with Crippen LogP contribution in [0, 0.1) is 0 Å². The van der Waals surface area contributed by atoms with Gasteiger partial charge in [-0.05, 0) is 55.3 Å². The predicted octanol–water partition coefficient (Wildman–Crippen LogP) is 2.93. The van der Waals surface area contributed by atoms with Crippen molar-refractivity contribution in [2.75, 3.05) is 25.0 Å². The normalized spacial score (nSPS) is 16.6. The Kier molecular flexibility index (Phi) is 5.58. The van der Waals surface area contributed by atoms with Gasteiger partial charge in [-0.15, -0.1) is 0 Å². The van der Waals surface area contributed by atoms with Crippen LogP contribution >= 0.6 is 0 Å². The van der Waals surface area contributed by atoms with Gasteiger partial charge in [-0.2, -0.15) is 0 Å². The molecule has 146 valence electrons. The topological polar surface area (TPSA) is 70.7 Å². The van der Waals surface area contributed by atoms with Gasteiger partial charge in [-0.3, -0.25) is 14.5 Å². The van der Waals surface area contributed by atoms with E-state index < -0.39 is 0 Å². The van der Waals surface area contributed by atoms with Gasteiger partial charge in [-0.1, -0.05) is 30.7 Å². The molecule has 1 saturated heterocycles. The van der Waals surface area contributed by atoms with Crippen molar-refractivity contribution >= 4 is 17.5 Å². The molecule has 1 fully saturated rings. The number of benzene rings is 2. The second-order valence-corrected chi connectivity index (χ2v) is 7.34. The molecule has 0 aliphatic carbocycles. The highest BCUT2D eigenvalue weighted by Crippen LogP contribution is 2.28. The summed E-state index contributed by atoms with van der Waals surface area (Å²) in [6.07, 6.45) is 3.85. The third-order valence-corrected chi connectivity index (χ3v) is 5.28. The summed E-state index contributed by atoms with van der Waals surface area (Å²) in [6.45, 7) is 3.68. The maximum atomic E-state index is 12.6. The largest absolute Gasteiger partial charge is 0.482 e. The molecular weight excluding hydrogens is 354 g/mol. The molecule has 28 heavy (non-hydrogen) atoms. The van der Waals surface area contributed by atoms with Crippen LogP contribution in [0.2, 0.25) is 0 Å². The van der Waals surface area contributed by atoms with E-state index in [-0.39, 0.29) is 18.4 Å². The lowest BCUT2D eigenvalue weighted by atomic mass is 10.0. The first kappa shape index (κ1) is 18.5. The summed E-state index contributed by atoms with van der Waals surface area (Å²) in [6, 6.07) is 13.4. The van der Waals surface area contributed by atoms with Crippen LogP contribution in [0.3, 0.4) is 0 Å². The van der Waals surface area contributed by atoms with E-state index in [1.807, 2.05) is 6.07 Å². The molecule has 2 N–H and O–H groups in total. The number of carbonyl (C=O) groups excluding carboxylic acids is 2.